The van der Waals surface area contributed by atoms with Crippen LogP contribution in [0.3, 0.4) is 0 Å². The molecular formula is C16H20O7S. The van der Waals surface area contributed by atoms with Crippen molar-refractivity contribution in [1.82, 2.24) is 0 Å². The van der Waals surface area contributed by atoms with Gasteiger partial charge in [-0.1, -0.05) is 17.7 Å². The first kappa shape index (κ1) is 16.4. The summed E-state index contributed by atoms with van der Waals surface area (Å²) < 4.78 is 53.2. The highest BCUT2D eigenvalue weighted by Crippen LogP contribution is 2.43. The highest BCUT2D eigenvalue weighted by atomic mass is 32.2. The molecule has 3 aliphatic heterocycles. The van der Waals surface area contributed by atoms with Crippen molar-refractivity contribution < 1.29 is 31.5 Å². The second-order valence-electron chi connectivity index (χ2n) is 6.77. The van der Waals surface area contributed by atoms with Crippen molar-refractivity contribution in [3.05, 3.63) is 29.8 Å². The fourth-order valence-electron chi connectivity index (χ4n) is 3.30. The molecule has 3 heterocycles. The van der Waals surface area contributed by atoms with Crippen LogP contribution in [-0.2, 0) is 33.2 Å². The van der Waals surface area contributed by atoms with Gasteiger partial charge in [0.1, 0.15) is 24.4 Å². The number of fused-ring (bicyclic) bond motifs is 3. The minimum Gasteiger partial charge on any atom is -0.370 e. The van der Waals surface area contributed by atoms with Crippen molar-refractivity contribution in [3.63, 3.8) is 0 Å². The van der Waals surface area contributed by atoms with Crippen LogP contribution in [0.25, 0.3) is 0 Å². The van der Waals surface area contributed by atoms with E-state index in [0.717, 1.165) is 5.56 Å². The Morgan fingerprint density at radius 3 is 2.50 bits per heavy atom. The largest absolute Gasteiger partial charge is 0.370 e. The Balaban J connectivity index is 1.49. The van der Waals surface area contributed by atoms with Crippen LogP contribution < -0.4 is 0 Å². The van der Waals surface area contributed by atoms with Crippen LogP contribution in [0.4, 0.5) is 0 Å². The average molecular weight is 356 g/mol. The molecule has 8 heteroatoms. The fraction of sp³-hybridized carbons (Fsp3) is 0.625. The van der Waals surface area contributed by atoms with E-state index in [1.54, 1.807) is 26.0 Å². The minimum absolute atomic E-state index is 0.114. The third kappa shape index (κ3) is 2.77. The van der Waals surface area contributed by atoms with Gasteiger partial charge in [0.15, 0.2) is 12.1 Å². The smallest absolute Gasteiger partial charge is 0.297 e. The molecule has 1 aromatic rings. The van der Waals surface area contributed by atoms with E-state index < -0.39 is 40.5 Å². The van der Waals surface area contributed by atoms with Crippen molar-refractivity contribution >= 4 is 10.1 Å². The predicted octanol–water partition coefficient (Wildman–Crippen LogP) is 1.34. The van der Waals surface area contributed by atoms with Gasteiger partial charge in [0.25, 0.3) is 10.1 Å². The molecule has 0 N–H and O–H groups in total. The SMILES string of the molecule is Cc1ccc(S(=O)(=O)O[C@@H]2CO[C@H]3[C@@H]4OC(C)(C)O[C@@H]4O[C@@H]32)cc1. The average Bonchev–Trinajstić information content (AvgIpc) is 3.09. The molecule has 1 aromatic carbocycles. The van der Waals surface area contributed by atoms with Crippen LogP contribution in [0.2, 0.25) is 0 Å². The molecule has 0 aromatic heterocycles. The van der Waals surface area contributed by atoms with Crippen LogP contribution >= 0.6 is 0 Å². The van der Waals surface area contributed by atoms with Gasteiger partial charge in [-0.2, -0.15) is 8.42 Å². The Kier molecular flexibility index (Phi) is 3.76. The Bertz CT molecular complexity index is 727. The van der Waals surface area contributed by atoms with Crippen LogP contribution in [0, 0.1) is 6.92 Å². The van der Waals surface area contributed by atoms with Gasteiger partial charge < -0.3 is 18.9 Å². The van der Waals surface area contributed by atoms with E-state index in [4.69, 9.17) is 23.1 Å². The van der Waals surface area contributed by atoms with E-state index >= 15 is 0 Å². The van der Waals surface area contributed by atoms with E-state index in [-0.39, 0.29) is 17.6 Å². The predicted molar refractivity (Wildman–Crippen MR) is 81.7 cm³/mol. The molecule has 0 unspecified atom stereocenters. The molecule has 24 heavy (non-hydrogen) atoms. The monoisotopic (exact) mass is 356 g/mol. The Morgan fingerprint density at radius 2 is 1.79 bits per heavy atom. The second-order valence-corrected chi connectivity index (χ2v) is 8.34. The summed E-state index contributed by atoms with van der Waals surface area (Å²) in [5.74, 6) is -0.740. The summed E-state index contributed by atoms with van der Waals surface area (Å²) in [6, 6.07) is 6.50. The molecule has 3 fully saturated rings. The van der Waals surface area contributed by atoms with E-state index in [2.05, 4.69) is 0 Å². The number of hydrogen-bond acceptors (Lipinski definition) is 7. The van der Waals surface area contributed by atoms with Gasteiger partial charge in [-0.25, -0.2) is 0 Å². The molecule has 5 atom stereocenters. The van der Waals surface area contributed by atoms with Gasteiger partial charge >= 0.3 is 0 Å². The number of benzene rings is 1. The van der Waals surface area contributed by atoms with Gasteiger partial charge in [0.2, 0.25) is 0 Å². The summed E-state index contributed by atoms with van der Waals surface area (Å²) in [4.78, 5) is 0.114. The summed E-state index contributed by atoms with van der Waals surface area (Å²) in [7, 11) is -3.89. The van der Waals surface area contributed by atoms with Crippen molar-refractivity contribution in [2.24, 2.45) is 0 Å². The van der Waals surface area contributed by atoms with Crippen LogP contribution in [0.5, 0.6) is 0 Å². The zero-order chi connectivity index (χ0) is 17.1. The van der Waals surface area contributed by atoms with Crippen LogP contribution in [0.15, 0.2) is 29.2 Å². The van der Waals surface area contributed by atoms with Gasteiger partial charge in [-0.15, -0.1) is 0 Å². The maximum Gasteiger partial charge on any atom is 0.297 e. The van der Waals surface area contributed by atoms with Crippen molar-refractivity contribution in [2.45, 2.75) is 62.2 Å². The quantitative estimate of drug-likeness (QED) is 0.756. The fourth-order valence-corrected chi connectivity index (χ4v) is 4.37. The normalized spacial score (nSPS) is 37.4. The maximum absolute atomic E-state index is 12.4. The number of aryl methyl sites for hydroxylation is 1. The lowest BCUT2D eigenvalue weighted by atomic mass is 10.1. The lowest BCUT2D eigenvalue weighted by Gasteiger charge is -2.22. The molecule has 0 bridgehead atoms. The molecule has 0 saturated carbocycles. The molecule has 3 saturated heterocycles. The molecular weight excluding hydrogens is 336 g/mol. The zero-order valence-electron chi connectivity index (χ0n) is 13.7. The zero-order valence-corrected chi connectivity index (χ0v) is 14.5. The van der Waals surface area contributed by atoms with Gasteiger partial charge in [0, 0.05) is 0 Å². The van der Waals surface area contributed by atoms with Crippen molar-refractivity contribution in [1.29, 1.82) is 0 Å². The third-order valence-corrected chi connectivity index (χ3v) is 5.76. The van der Waals surface area contributed by atoms with Crippen molar-refractivity contribution in [3.8, 4) is 0 Å². The molecule has 3 aliphatic rings. The second kappa shape index (κ2) is 5.48. The van der Waals surface area contributed by atoms with Gasteiger partial charge in [0.05, 0.1) is 11.5 Å². The summed E-state index contributed by atoms with van der Waals surface area (Å²) in [5, 5.41) is 0. The lowest BCUT2D eigenvalue weighted by Crippen LogP contribution is -2.37. The number of hydrogen-bond donors (Lipinski definition) is 0. The highest BCUT2D eigenvalue weighted by Gasteiger charge is 2.60. The first-order valence-corrected chi connectivity index (χ1v) is 9.29. The summed E-state index contributed by atoms with van der Waals surface area (Å²) in [6.45, 7) is 5.62. The minimum atomic E-state index is -3.89. The molecule has 4 rings (SSSR count). The van der Waals surface area contributed by atoms with E-state index in [0.29, 0.717) is 0 Å². The number of rotatable bonds is 3. The first-order valence-electron chi connectivity index (χ1n) is 7.88. The Hall–Kier alpha value is -1.03. The first-order chi connectivity index (χ1) is 11.3. The van der Waals surface area contributed by atoms with E-state index in [9.17, 15) is 8.42 Å². The molecule has 0 spiro atoms. The van der Waals surface area contributed by atoms with E-state index in [1.165, 1.54) is 12.1 Å². The van der Waals surface area contributed by atoms with Gasteiger partial charge in [-0.05, 0) is 32.9 Å². The molecule has 0 aliphatic carbocycles. The highest BCUT2D eigenvalue weighted by molar-refractivity contribution is 7.86. The Labute approximate surface area is 140 Å². The standard InChI is InChI=1S/C16H20O7S/c1-9-4-6-10(7-5-9)24(17,18)23-11-8-19-13-12(11)20-15-14(13)21-16(2,3)22-15/h4-7,11-15H,8H2,1-3H3/t11-,12-,13-,14+,15+/m1/s1. The molecule has 0 radical (unpaired) electrons. The third-order valence-electron chi connectivity index (χ3n) is 4.41. The Morgan fingerprint density at radius 1 is 1.08 bits per heavy atom. The maximum atomic E-state index is 12.4. The van der Waals surface area contributed by atoms with Crippen LogP contribution in [-0.4, -0.2) is 51.5 Å². The molecule has 132 valence electrons. The molecule has 7 nitrogen and oxygen atoms in total. The number of ether oxygens (including phenoxy) is 4. The van der Waals surface area contributed by atoms with Crippen LogP contribution in [0.1, 0.15) is 19.4 Å². The van der Waals surface area contributed by atoms with Gasteiger partial charge in [-0.3, -0.25) is 4.18 Å². The summed E-state index contributed by atoms with van der Waals surface area (Å²) in [6.07, 6.45) is -2.59. The topological polar surface area (TPSA) is 80.3 Å². The molecule has 0 amide bonds. The van der Waals surface area contributed by atoms with Crippen molar-refractivity contribution in [2.75, 3.05) is 6.61 Å². The summed E-state index contributed by atoms with van der Waals surface area (Å²) in [5.41, 5.74) is 0.974. The van der Waals surface area contributed by atoms with E-state index in [1.807, 2.05) is 6.92 Å². The lowest BCUT2D eigenvalue weighted by molar-refractivity contribution is -0.213. The summed E-state index contributed by atoms with van der Waals surface area (Å²) >= 11 is 0.